The minimum Gasteiger partial charge on any atom is -0.493 e. The van der Waals surface area contributed by atoms with Gasteiger partial charge in [-0.25, -0.2) is 4.79 Å². The highest BCUT2D eigenvalue weighted by Crippen LogP contribution is 2.27. The summed E-state index contributed by atoms with van der Waals surface area (Å²) in [5.41, 5.74) is 0.899. The molecule has 0 aromatic heterocycles. The topological polar surface area (TPSA) is 87.9 Å². The highest BCUT2D eigenvalue weighted by molar-refractivity contribution is 5.89. The third kappa shape index (κ3) is 3.97. The van der Waals surface area contributed by atoms with Gasteiger partial charge in [-0.05, 0) is 29.8 Å². The number of methoxy groups -OCH3 is 2. The number of nitro benzene ring substituents is 1. The molecule has 0 spiro atoms. The van der Waals surface area contributed by atoms with Crippen LogP contribution in [0, 0.1) is 10.1 Å². The second kappa shape index (κ2) is 7.26. The van der Waals surface area contributed by atoms with Crippen LogP contribution >= 0.6 is 0 Å². The van der Waals surface area contributed by atoms with Crippen molar-refractivity contribution in [1.29, 1.82) is 0 Å². The maximum Gasteiger partial charge on any atom is 0.338 e. The summed E-state index contributed by atoms with van der Waals surface area (Å²) >= 11 is 0. The van der Waals surface area contributed by atoms with Crippen LogP contribution in [0.15, 0.2) is 42.5 Å². The fourth-order valence-corrected chi connectivity index (χ4v) is 1.92. The summed E-state index contributed by atoms with van der Waals surface area (Å²) in [6, 6.07) is 10.4. The standard InChI is InChI=1S/C16H15NO6/c1-21-14-8-3-11(9-15(14)22-2)10-23-16(18)12-4-6-13(7-5-12)17(19)20/h3-9H,10H2,1-2H3. The Balaban J connectivity index is 2.02. The molecule has 0 atom stereocenters. The second-order valence-electron chi connectivity index (χ2n) is 4.57. The van der Waals surface area contributed by atoms with Crippen LogP contribution in [0.1, 0.15) is 15.9 Å². The van der Waals surface area contributed by atoms with Crippen molar-refractivity contribution in [3.63, 3.8) is 0 Å². The number of carbonyl (C=O) groups is 1. The predicted octanol–water partition coefficient (Wildman–Crippen LogP) is 2.97. The normalized spacial score (nSPS) is 10.0. The molecule has 0 radical (unpaired) electrons. The zero-order chi connectivity index (χ0) is 16.8. The van der Waals surface area contributed by atoms with Crippen molar-refractivity contribution in [2.75, 3.05) is 14.2 Å². The number of non-ortho nitro benzene ring substituents is 1. The van der Waals surface area contributed by atoms with Gasteiger partial charge < -0.3 is 14.2 Å². The lowest BCUT2D eigenvalue weighted by molar-refractivity contribution is -0.384. The van der Waals surface area contributed by atoms with E-state index in [9.17, 15) is 14.9 Å². The number of benzene rings is 2. The summed E-state index contributed by atoms with van der Waals surface area (Å²) in [6.07, 6.45) is 0. The van der Waals surface area contributed by atoms with E-state index in [2.05, 4.69) is 0 Å². The Labute approximate surface area is 132 Å². The molecule has 0 heterocycles. The summed E-state index contributed by atoms with van der Waals surface area (Å²) in [6.45, 7) is 0.0518. The quantitative estimate of drug-likeness (QED) is 0.462. The van der Waals surface area contributed by atoms with Gasteiger partial charge in [0.25, 0.3) is 5.69 Å². The summed E-state index contributed by atoms with van der Waals surface area (Å²) in [5, 5.41) is 10.6. The van der Waals surface area contributed by atoms with Gasteiger partial charge in [-0.3, -0.25) is 10.1 Å². The molecule has 2 rings (SSSR count). The Morgan fingerprint density at radius 1 is 1.04 bits per heavy atom. The number of esters is 1. The van der Waals surface area contributed by atoms with Crippen LogP contribution in [0.3, 0.4) is 0 Å². The van der Waals surface area contributed by atoms with Crippen molar-refractivity contribution >= 4 is 11.7 Å². The van der Waals surface area contributed by atoms with Gasteiger partial charge in [0, 0.05) is 12.1 Å². The Morgan fingerprint density at radius 3 is 2.26 bits per heavy atom. The summed E-state index contributed by atoms with van der Waals surface area (Å²) in [4.78, 5) is 22.0. The molecule has 0 amide bonds. The Kier molecular flexibility index (Phi) is 5.14. The smallest absolute Gasteiger partial charge is 0.338 e. The van der Waals surface area contributed by atoms with Crippen LogP contribution in [0.4, 0.5) is 5.69 Å². The maximum atomic E-state index is 11.9. The number of hydrogen-bond acceptors (Lipinski definition) is 6. The minimum absolute atomic E-state index is 0.0518. The van der Waals surface area contributed by atoms with Gasteiger partial charge in [0.05, 0.1) is 24.7 Å². The monoisotopic (exact) mass is 317 g/mol. The van der Waals surface area contributed by atoms with E-state index in [0.717, 1.165) is 5.56 Å². The average Bonchev–Trinajstić information content (AvgIpc) is 2.59. The number of nitro groups is 1. The minimum atomic E-state index is -0.560. The average molecular weight is 317 g/mol. The second-order valence-corrected chi connectivity index (χ2v) is 4.57. The molecule has 0 unspecified atom stereocenters. The summed E-state index contributed by atoms with van der Waals surface area (Å²) in [5.74, 6) is 0.559. The number of rotatable bonds is 6. The van der Waals surface area contributed by atoms with Crippen LogP contribution in [-0.2, 0) is 11.3 Å². The van der Waals surface area contributed by atoms with E-state index in [4.69, 9.17) is 14.2 Å². The van der Waals surface area contributed by atoms with Crippen molar-refractivity contribution in [1.82, 2.24) is 0 Å². The lowest BCUT2D eigenvalue weighted by Crippen LogP contribution is -2.05. The van der Waals surface area contributed by atoms with Gasteiger partial charge in [-0.1, -0.05) is 6.07 Å². The molecule has 23 heavy (non-hydrogen) atoms. The van der Waals surface area contributed by atoms with Crippen LogP contribution in [0.25, 0.3) is 0 Å². The third-order valence-electron chi connectivity index (χ3n) is 3.13. The summed E-state index contributed by atoms with van der Waals surface area (Å²) < 4.78 is 15.5. The van der Waals surface area contributed by atoms with Crippen molar-refractivity contribution < 1.29 is 23.9 Å². The molecule has 2 aromatic carbocycles. The van der Waals surface area contributed by atoms with Crippen LogP contribution in [0.5, 0.6) is 11.5 Å². The fraction of sp³-hybridized carbons (Fsp3) is 0.188. The number of ether oxygens (including phenoxy) is 3. The van der Waals surface area contributed by atoms with Crippen LogP contribution in [0.2, 0.25) is 0 Å². The van der Waals surface area contributed by atoms with Gasteiger partial charge in [0.1, 0.15) is 6.61 Å². The number of hydrogen-bond donors (Lipinski definition) is 0. The molecule has 7 nitrogen and oxygen atoms in total. The first-order valence-electron chi connectivity index (χ1n) is 6.67. The lowest BCUT2D eigenvalue weighted by Gasteiger charge is -2.10. The van der Waals surface area contributed by atoms with Gasteiger partial charge in [0.2, 0.25) is 0 Å². The molecule has 0 aliphatic rings. The lowest BCUT2D eigenvalue weighted by atomic mass is 10.2. The zero-order valence-electron chi connectivity index (χ0n) is 12.6. The van der Waals surface area contributed by atoms with E-state index in [1.807, 2.05) is 0 Å². The molecule has 0 aliphatic carbocycles. The molecule has 2 aromatic rings. The molecule has 0 fully saturated rings. The van der Waals surface area contributed by atoms with E-state index >= 15 is 0 Å². The van der Waals surface area contributed by atoms with Crippen molar-refractivity contribution in [3.8, 4) is 11.5 Å². The van der Waals surface area contributed by atoms with Crippen molar-refractivity contribution in [2.45, 2.75) is 6.61 Å². The van der Waals surface area contributed by atoms with Crippen LogP contribution < -0.4 is 9.47 Å². The van der Waals surface area contributed by atoms with E-state index in [0.29, 0.717) is 11.5 Å². The Morgan fingerprint density at radius 2 is 1.70 bits per heavy atom. The van der Waals surface area contributed by atoms with E-state index in [-0.39, 0.29) is 17.9 Å². The molecular weight excluding hydrogens is 302 g/mol. The molecule has 7 heteroatoms. The predicted molar refractivity (Wildman–Crippen MR) is 81.8 cm³/mol. The number of nitrogens with zero attached hydrogens (tertiary/aromatic N) is 1. The zero-order valence-corrected chi connectivity index (χ0v) is 12.6. The van der Waals surface area contributed by atoms with Gasteiger partial charge in [0.15, 0.2) is 11.5 Å². The SMILES string of the molecule is COc1ccc(COC(=O)c2ccc([N+](=O)[O-])cc2)cc1OC. The van der Waals surface area contributed by atoms with Gasteiger partial charge >= 0.3 is 5.97 Å². The van der Waals surface area contributed by atoms with E-state index in [1.165, 1.54) is 38.5 Å². The molecule has 0 aliphatic heterocycles. The van der Waals surface area contributed by atoms with Gasteiger partial charge in [-0.15, -0.1) is 0 Å². The molecule has 0 bridgehead atoms. The van der Waals surface area contributed by atoms with Crippen molar-refractivity contribution in [2.24, 2.45) is 0 Å². The van der Waals surface area contributed by atoms with Crippen LogP contribution in [-0.4, -0.2) is 25.1 Å². The number of carbonyl (C=O) groups excluding carboxylic acids is 1. The molecule has 120 valence electrons. The largest absolute Gasteiger partial charge is 0.493 e. The highest BCUT2D eigenvalue weighted by Gasteiger charge is 2.11. The van der Waals surface area contributed by atoms with E-state index < -0.39 is 10.9 Å². The highest BCUT2D eigenvalue weighted by atomic mass is 16.6. The third-order valence-corrected chi connectivity index (χ3v) is 3.13. The summed E-state index contributed by atoms with van der Waals surface area (Å²) in [7, 11) is 3.05. The first-order chi connectivity index (χ1) is 11.0. The first kappa shape index (κ1) is 16.3. The van der Waals surface area contributed by atoms with Gasteiger partial charge in [-0.2, -0.15) is 0 Å². The maximum absolute atomic E-state index is 11.9. The molecular formula is C16H15NO6. The molecule has 0 saturated heterocycles. The molecule has 0 N–H and O–H groups in total. The van der Waals surface area contributed by atoms with Crippen molar-refractivity contribution in [3.05, 3.63) is 63.7 Å². The fourth-order valence-electron chi connectivity index (χ4n) is 1.92. The Bertz CT molecular complexity index is 711. The Hall–Kier alpha value is -3.09. The van der Waals surface area contributed by atoms with E-state index in [1.54, 1.807) is 18.2 Å². The molecule has 0 saturated carbocycles. The first-order valence-corrected chi connectivity index (χ1v) is 6.67.